The molecule has 13 N–H and O–H groups in total. The number of hydrogen-bond acceptors (Lipinski definition) is 8. The van der Waals surface area contributed by atoms with Gasteiger partial charge in [0, 0.05) is 6.54 Å². The molecule has 0 aliphatic carbocycles. The number of carboxylic acid groups (broad SMARTS) is 1. The molecule has 4 amide bonds. The lowest BCUT2D eigenvalue weighted by Crippen LogP contribution is -2.58. The van der Waals surface area contributed by atoms with Crippen LogP contribution >= 0.6 is 0 Å². The number of nitrogens with zero attached hydrogens (tertiary/aromatic N) is 1. The van der Waals surface area contributed by atoms with Crippen molar-refractivity contribution >= 4 is 35.6 Å². The van der Waals surface area contributed by atoms with Crippen molar-refractivity contribution in [2.45, 2.75) is 63.4 Å². The summed E-state index contributed by atoms with van der Waals surface area (Å²) in [5.74, 6) is -5.10. The summed E-state index contributed by atoms with van der Waals surface area (Å²) in [6.07, 6.45) is -1.57. The van der Waals surface area contributed by atoms with E-state index in [4.69, 9.17) is 28.0 Å². The molecule has 0 bridgehead atoms. The second-order valence-corrected chi connectivity index (χ2v) is 7.08. The predicted octanol–water partition coefficient (Wildman–Crippen LogP) is -4.82. The van der Waals surface area contributed by atoms with E-state index in [1.807, 2.05) is 0 Å². The molecule has 0 rings (SSSR count). The van der Waals surface area contributed by atoms with Gasteiger partial charge in [0.05, 0.1) is 12.5 Å². The highest BCUT2D eigenvalue weighted by Crippen LogP contribution is 2.03. The summed E-state index contributed by atoms with van der Waals surface area (Å²) >= 11 is 0. The van der Waals surface area contributed by atoms with Gasteiger partial charge in [-0.2, -0.15) is 0 Å². The standard InChI is InChI=1S/C17H32N8O7/c1-7(16(31)32)23-14(29)10(6-11(18)27)25-13(28)9(4-3-5-22-17(20)21)24-15(30)12(19)8(2)26/h7-10,12,26H,3-6,19H2,1-2H3,(H2,18,27)(H,23,29)(H,24,30)(H,25,28)(H,31,32)(H4,20,21,22). The van der Waals surface area contributed by atoms with Crippen molar-refractivity contribution < 1.29 is 34.2 Å². The minimum atomic E-state index is -1.50. The zero-order chi connectivity index (χ0) is 25.0. The van der Waals surface area contributed by atoms with Gasteiger partial charge in [-0.15, -0.1) is 0 Å². The number of guanidine groups is 1. The number of carbonyl (C=O) groups excluding carboxylic acids is 4. The van der Waals surface area contributed by atoms with Crippen LogP contribution in [0.5, 0.6) is 0 Å². The smallest absolute Gasteiger partial charge is 0.325 e. The second-order valence-electron chi connectivity index (χ2n) is 7.08. The first-order chi connectivity index (χ1) is 14.8. The van der Waals surface area contributed by atoms with Gasteiger partial charge in [0.2, 0.25) is 23.6 Å². The first-order valence-corrected chi connectivity index (χ1v) is 9.67. The number of rotatable bonds is 14. The molecule has 5 unspecified atom stereocenters. The largest absolute Gasteiger partial charge is 0.480 e. The summed E-state index contributed by atoms with van der Waals surface area (Å²) in [5, 5.41) is 25.1. The topological polar surface area (TPSA) is 278 Å². The Kier molecular flexibility index (Phi) is 12.3. The molecule has 0 spiro atoms. The Balaban J connectivity index is 5.47. The van der Waals surface area contributed by atoms with Gasteiger partial charge in [-0.25, -0.2) is 0 Å². The fourth-order valence-corrected chi connectivity index (χ4v) is 2.32. The van der Waals surface area contributed by atoms with Crippen molar-refractivity contribution in [1.29, 1.82) is 0 Å². The van der Waals surface area contributed by atoms with Crippen molar-refractivity contribution in [3.8, 4) is 0 Å². The molecule has 0 fully saturated rings. The molecule has 0 heterocycles. The van der Waals surface area contributed by atoms with Gasteiger partial charge in [-0.3, -0.25) is 29.0 Å². The van der Waals surface area contributed by atoms with Crippen LogP contribution in [0.15, 0.2) is 4.99 Å². The van der Waals surface area contributed by atoms with E-state index in [9.17, 15) is 29.1 Å². The van der Waals surface area contributed by atoms with Crippen LogP contribution in [0.25, 0.3) is 0 Å². The summed E-state index contributed by atoms with van der Waals surface area (Å²) in [4.78, 5) is 63.3. The van der Waals surface area contributed by atoms with E-state index >= 15 is 0 Å². The molecule has 0 aromatic carbocycles. The van der Waals surface area contributed by atoms with Gasteiger partial charge >= 0.3 is 5.97 Å². The lowest BCUT2D eigenvalue weighted by atomic mass is 10.1. The van der Waals surface area contributed by atoms with E-state index in [-0.39, 0.29) is 25.3 Å². The molecular formula is C17H32N8O7. The van der Waals surface area contributed by atoms with Gasteiger partial charge in [0.25, 0.3) is 0 Å². The first kappa shape index (κ1) is 28.5. The molecule has 182 valence electrons. The van der Waals surface area contributed by atoms with Crippen LogP contribution < -0.4 is 38.9 Å². The van der Waals surface area contributed by atoms with Crippen LogP contribution in [-0.2, 0) is 24.0 Å². The number of amides is 4. The molecular weight excluding hydrogens is 428 g/mol. The van der Waals surface area contributed by atoms with E-state index < -0.39 is 66.3 Å². The Bertz CT molecular complexity index is 724. The molecule has 15 nitrogen and oxygen atoms in total. The Morgan fingerprint density at radius 1 is 0.906 bits per heavy atom. The van der Waals surface area contributed by atoms with Crippen LogP contribution in [0.4, 0.5) is 0 Å². The highest BCUT2D eigenvalue weighted by Gasteiger charge is 2.30. The average molecular weight is 460 g/mol. The predicted molar refractivity (Wildman–Crippen MR) is 112 cm³/mol. The van der Waals surface area contributed by atoms with Crippen LogP contribution in [0.2, 0.25) is 0 Å². The van der Waals surface area contributed by atoms with Crippen LogP contribution in [0.3, 0.4) is 0 Å². The summed E-state index contributed by atoms with van der Waals surface area (Å²) in [6, 6.07) is -5.36. The maximum atomic E-state index is 12.8. The lowest BCUT2D eigenvalue weighted by molar-refractivity contribution is -0.142. The van der Waals surface area contributed by atoms with Gasteiger partial charge in [0.15, 0.2) is 5.96 Å². The molecule has 0 aliphatic rings. The van der Waals surface area contributed by atoms with E-state index in [0.717, 1.165) is 0 Å². The Morgan fingerprint density at radius 2 is 1.44 bits per heavy atom. The molecule has 0 saturated heterocycles. The number of primary amides is 1. The van der Waals surface area contributed by atoms with E-state index in [1.165, 1.54) is 13.8 Å². The monoisotopic (exact) mass is 460 g/mol. The molecule has 15 heteroatoms. The number of aliphatic hydroxyl groups excluding tert-OH is 1. The number of carbonyl (C=O) groups is 5. The van der Waals surface area contributed by atoms with Gasteiger partial charge in [0.1, 0.15) is 24.2 Å². The van der Waals surface area contributed by atoms with E-state index in [1.54, 1.807) is 0 Å². The van der Waals surface area contributed by atoms with Gasteiger partial charge in [-0.1, -0.05) is 0 Å². The second kappa shape index (κ2) is 13.8. The molecule has 0 saturated carbocycles. The Morgan fingerprint density at radius 3 is 1.91 bits per heavy atom. The number of nitrogens with two attached hydrogens (primary N) is 4. The van der Waals surface area contributed by atoms with Crippen molar-refractivity contribution in [1.82, 2.24) is 16.0 Å². The van der Waals surface area contributed by atoms with Crippen molar-refractivity contribution in [2.24, 2.45) is 27.9 Å². The molecule has 0 radical (unpaired) electrons. The van der Waals surface area contributed by atoms with Gasteiger partial charge in [-0.05, 0) is 26.7 Å². The number of aliphatic hydroxyl groups is 1. The number of aliphatic imine (C=N–C) groups is 1. The fraction of sp³-hybridized carbons (Fsp3) is 0.647. The molecule has 0 aromatic rings. The third-order valence-electron chi connectivity index (χ3n) is 4.17. The minimum absolute atomic E-state index is 0.0112. The molecule has 0 aliphatic heterocycles. The SMILES string of the molecule is CC(NC(=O)C(CC(N)=O)NC(=O)C(CCCN=C(N)N)NC(=O)C(N)C(C)O)C(=O)O. The number of carboxylic acids is 1. The van der Waals surface area contributed by atoms with Crippen LogP contribution in [0.1, 0.15) is 33.1 Å². The average Bonchev–Trinajstić information content (AvgIpc) is 2.67. The molecule has 32 heavy (non-hydrogen) atoms. The third-order valence-corrected chi connectivity index (χ3v) is 4.17. The zero-order valence-corrected chi connectivity index (χ0v) is 17.9. The maximum Gasteiger partial charge on any atom is 0.325 e. The van der Waals surface area contributed by atoms with Crippen molar-refractivity contribution in [2.75, 3.05) is 6.54 Å². The quantitative estimate of drug-likeness (QED) is 0.0677. The minimum Gasteiger partial charge on any atom is -0.480 e. The Hall–Kier alpha value is -3.46. The summed E-state index contributed by atoms with van der Waals surface area (Å²) in [6.45, 7) is 2.61. The summed E-state index contributed by atoms with van der Waals surface area (Å²) in [5.41, 5.74) is 21.2. The normalized spacial score (nSPS) is 15.2. The van der Waals surface area contributed by atoms with Crippen LogP contribution in [0, 0.1) is 0 Å². The van der Waals surface area contributed by atoms with Crippen LogP contribution in [-0.4, -0.2) is 82.6 Å². The molecule has 5 atom stereocenters. The summed E-state index contributed by atoms with van der Waals surface area (Å²) in [7, 11) is 0. The fourth-order valence-electron chi connectivity index (χ4n) is 2.32. The highest BCUT2D eigenvalue weighted by molar-refractivity contribution is 5.96. The first-order valence-electron chi connectivity index (χ1n) is 9.67. The zero-order valence-electron chi connectivity index (χ0n) is 17.9. The van der Waals surface area contributed by atoms with Crippen molar-refractivity contribution in [3.05, 3.63) is 0 Å². The highest BCUT2D eigenvalue weighted by atomic mass is 16.4. The molecule has 0 aromatic heterocycles. The van der Waals surface area contributed by atoms with E-state index in [2.05, 4.69) is 20.9 Å². The Labute approximate surface area is 184 Å². The third kappa shape index (κ3) is 11.1. The number of aliphatic carboxylic acids is 1. The van der Waals surface area contributed by atoms with Crippen molar-refractivity contribution in [3.63, 3.8) is 0 Å². The van der Waals surface area contributed by atoms with E-state index in [0.29, 0.717) is 0 Å². The maximum absolute atomic E-state index is 12.8. The summed E-state index contributed by atoms with van der Waals surface area (Å²) < 4.78 is 0. The number of nitrogens with one attached hydrogen (secondary N) is 3. The van der Waals surface area contributed by atoms with Gasteiger partial charge < -0.3 is 49.1 Å². The lowest BCUT2D eigenvalue weighted by Gasteiger charge is -2.24. The number of hydrogen-bond donors (Lipinski definition) is 9.